The van der Waals surface area contributed by atoms with Gasteiger partial charge in [0.1, 0.15) is 6.04 Å². The molecule has 0 unspecified atom stereocenters. The molecule has 238 valence electrons. The molecular formula is C38H52N2O3S. The van der Waals surface area contributed by atoms with E-state index in [4.69, 9.17) is 0 Å². The van der Waals surface area contributed by atoms with Crippen LogP contribution in [0.1, 0.15) is 89.3 Å². The van der Waals surface area contributed by atoms with E-state index in [1.54, 1.807) is 18.8 Å². The number of thioether (sulfide) groups is 1. The van der Waals surface area contributed by atoms with Crippen LogP contribution in [0.3, 0.4) is 0 Å². The Morgan fingerprint density at radius 3 is 1.66 bits per heavy atom. The SMILES string of the molecule is CCCCCCC[C@H](C[C@@H](O)CSC(c1ccccc1)(c1ccccc1)c1ccccc1)C(=O)N[C@H](C(=O)NC)C(C)(C)C. The summed E-state index contributed by atoms with van der Waals surface area (Å²) in [6.07, 6.45) is 5.76. The minimum absolute atomic E-state index is 0.159. The Balaban J connectivity index is 1.88. The highest BCUT2D eigenvalue weighted by atomic mass is 32.2. The highest BCUT2D eigenvalue weighted by Crippen LogP contribution is 2.48. The molecule has 0 saturated heterocycles. The van der Waals surface area contributed by atoms with Gasteiger partial charge in [0, 0.05) is 18.7 Å². The third-order valence-electron chi connectivity index (χ3n) is 8.28. The van der Waals surface area contributed by atoms with Crippen LogP contribution in [0, 0.1) is 11.3 Å². The van der Waals surface area contributed by atoms with Gasteiger partial charge in [-0.2, -0.15) is 0 Å². The lowest BCUT2D eigenvalue weighted by Crippen LogP contribution is -2.54. The number of hydrogen-bond donors (Lipinski definition) is 3. The molecule has 3 rings (SSSR count). The molecule has 2 amide bonds. The van der Waals surface area contributed by atoms with Gasteiger partial charge in [0.15, 0.2) is 0 Å². The molecule has 0 bridgehead atoms. The molecule has 0 radical (unpaired) electrons. The zero-order valence-corrected chi connectivity index (χ0v) is 28.0. The van der Waals surface area contributed by atoms with Crippen LogP contribution in [-0.2, 0) is 14.3 Å². The quantitative estimate of drug-likeness (QED) is 0.107. The number of amides is 2. The Hall–Kier alpha value is -3.09. The maximum atomic E-state index is 13.7. The second kappa shape index (κ2) is 17.4. The summed E-state index contributed by atoms with van der Waals surface area (Å²) in [5, 5.41) is 17.3. The maximum absolute atomic E-state index is 13.7. The largest absolute Gasteiger partial charge is 0.392 e. The molecule has 3 atom stereocenters. The Bertz CT molecular complexity index is 1160. The number of nitrogens with one attached hydrogen (secondary N) is 2. The normalized spacial score (nSPS) is 14.0. The molecule has 3 N–H and O–H groups in total. The van der Waals surface area contributed by atoms with Crippen molar-refractivity contribution in [1.29, 1.82) is 0 Å². The summed E-state index contributed by atoms with van der Waals surface area (Å²) in [6.45, 7) is 8.05. The third-order valence-corrected chi connectivity index (χ3v) is 9.97. The van der Waals surface area contributed by atoms with Crippen LogP contribution in [0.25, 0.3) is 0 Å². The summed E-state index contributed by atoms with van der Waals surface area (Å²) in [6, 6.07) is 30.7. The van der Waals surface area contributed by atoms with Crippen LogP contribution >= 0.6 is 11.8 Å². The average molecular weight is 617 g/mol. The van der Waals surface area contributed by atoms with Crippen molar-refractivity contribution < 1.29 is 14.7 Å². The number of rotatable bonds is 17. The summed E-state index contributed by atoms with van der Waals surface area (Å²) < 4.78 is -0.542. The Labute approximate surface area is 269 Å². The summed E-state index contributed by atoms with van der Waals surface area (Å²) in [5.74, 6) is -0.312. The Morgan fingerprint density at radius 2 is 1.23 bits per heavy atom. The van der Waals surface area contributed by atoms with Gasteiger partial charge in [-0.1, -0.05) is 151 Å². The van der Waals surface area contributed by atoms with Gasteiger partial charge in [-0.05, 0) is 34.9 Å². The van der Waals surface area contributed by atoms with E-state index >= 15 is 0 Å². The number of likely N-dealkylation sites (N-methyl/N-ethyl adjacent to an activating group) is 1. The lowest BCUT2D eigenvalue weighted by atomic mass is 9.84. The first-order valence-corrected chi connectivity index (χ1v) is 17.1. The van der Waals surface area contributed by atoms with Crippen molar-refractivity contribution in [3.05, 3.63) is 108 Å². The number of unbranched alkanes of at least 4 members (excludes halogenated alkanes) is 4. The third kappa shape index (κ3) is 9.70. The molecule has 0 heterocycles. The first-order chi connectivity index (χ1) is 21.1. The van der Waals surface area contributed by atoms with Gasteiger partial charge in [0.2, 0.25) is 11.8 Å². The summed E-state index contributed by atoms with van der Waals surface area (Å²) in [4.78, 5) is 26.4. The van der Waals surface area contributed by atoms with E-state index in [-0.39, 0.29) is 17.7 Å². The summed E-state index contributed by atoms with van der Waals surface area (Å²) >= 11 is 1.71. The number of carbonyl (C=O) groups is 2. The van der Waals surface area contributed by atoms with Crippen molar-refractivity contribution in [3.63, 3.8) is 0 Å². The number of hydrogen-bond acceptors (Lipinski definition) is 4. The highest BCUT2D eigenvalue weighted by Gasteiger charge is 2.38. The van der Waals surface area contributed by atoms with Crippen LogP contribution in [0.4, 0.5) is 0 Å². The number of aliphatic hydroxyl groups excluding tert-OH is 1. The average Bonchev–Trinajstić information content (AvgIpc) is 3.03. The minimum atomic E-state index is -0.713. The van der Waals surface area contributed by atoms with Gasteiger partial charge in [0.05, 0.1) is 10.9 Å². The molecule has 5 nitrogen and oxygen atoms in total. The molecule has 6 heteroatoms. The topological polar surface area (TPSA) is 78.4 Å². The van der Waals surface area contributed by atoms with Crippen molar-refractivity contribution in [2.45, 2.75) is 89.5 Å². The van der Waals surface area contributed by atoms with E-state index in [1.807, 2.05) is 39.0 Å². The number of benzene rings is 3. The summed E-state index contributed by atoms with van der Waals surface area (Å²) in [7, 11) is 1.60. The molecule has 0 aliphatic heterocycles. The highest BCUT2D eigenvalue weighted by molar-refractivity contribution is 8.00. The van der Waals surface area contributed by atoms with E-state index in [9.17, 15) is 14.7 Å². The molecule has 0 aliphatic rings. The molecular weight excluding hydrogens is 564 g/mol. The second-order valence-electron chi connectivity index (χ2n) is 12.8. The number of aliphatic hydroxyl groups is 1. The molecule has 0 fully saturated rings. The summed E-state index contributed by atoms with van der Waals surface area (Å²) in [5.41, 5.74) is 2.96. The zero-order valence-electron chi connectivity index (χ0n) is 27.2. The molecule has 3 aromatic rings. The monoisotopic (exact) mass is 616 g/mol. The van der Waals surface area contributed by atoms with Crippen LogP contribution in [0.2, 0.25) is 0 Å². The molecule has 3 aromatic carbocycles. The van der Waals surface area contributed by atoms with Gasteiger partial charge in [-0.25, -0.2) is 0 Å². The van der Waals surface area contributed by atoms with Crippen molar-refractivity contribution in [3.8, 4) is 0 Å². The van der Waals surface area contributed by atoms with Crippen LogP contribution in [-0.4, -0.2) is 41.9 Å². The van der Waals surface area contributed by atoms with Gasteiger partial charge in [0.25, 0.3) is 0 Å². The van der Waals surface area contributed by atoms with Crippen molar-refractivity contribution in [1.82, 2.24) is 10.6 Å². The van der Waals surface area contributed by atoms with Gasteiger partial charge < -0.3 is 15.7 Å². The first kappa shape index (κ1) is 35.4. The van der Waals surface area contributed by atoms with E-state index in [2.05, 4.69) is 90.4 Å². The fourth-order valence-corrected chi connectivity index (χ4v) is 7.30. The van der Waals surface area contributed by atoms with Crippen molar-refractivity contribution >= 4 is 23.6 Å². The van der Waals surface area contributed by atoms with Gasteiger partial charge >= 0.3 is 0 Å². The predicted octanol–water partition coefficient (Wildman–Crippen LogP) is 7.72. The number of carbonyl (C=O) groups excluding carboxylic acids is 2. The standard InChI is InChI=1S/C38H52N2O3S/c1-6-7-8-9-13-20-29(35(42)40-34(36(43)39-5)37(2,3)4)27-33(41)28-44-38(30-21-14-10-15-22-30,31-23-16-11-17-24-31)32-25-18-12-19-26-32/h10-12,14-19,21-26,29,33-34,41H,6-9,13,20,27-28H2,1-5H3,(H,39,43)(H,40,42)/t29-,33-,34-/m1/s1. The fourth-order valence-electron chi connectivity index (χ4n) is 5.82. The van der Waals surface area contributed by atoms with Crippen molar-refractivity contribution in [2.24, 2.45) is 11.3 Å². The fraction of sp³-hybridized carbons (Fsp3) is 0.474. The van der Waals surface area contributed by atoms with Crippen LogP contribution < -0.4 is 10.6 Å². The van der Waals surface area contributed by atoms with Gasteiger partial charge in [-0.15, -0.1) is 11.8 Å². The van der Waals surface area contributed by atoms with E-state index < -0.39 is 22.3 Å². The lowest BCUT2D eigenvalue weighted by Gasteiger charge is -2.36. The second-order valence-corrected chi connectivity index (χ2v) is 14.0. The molecule has 0 aromatic heterocycles. The Morgan fingerprint density at radius 1 is 0.750 bits per heavy atom. The predicted molar refractivity (Wildman–Crippen MR) is 185 cm³/mol. The lowest BCUT2D eigenvalue weighted by molar-refractivity contribution is -0.134. The molecule has 44 heavy (non-hydrogen) atoms. The van der Waals surface area contributed by atoms with Crippen LogP contribution in [0.15, 0.2) is 91.0 Å². The van der Waals surface area contributed by atoms with Crippen LogP contribution in [0.5, 0.6) is 0 Å². The minimum Gasteiger partial charge on any atom is -0.392 e. The first-order valence-electron chi connectivity index (χ1n) is 16.1. The van der Waals surface area contributed by atoms with Gasteiger partial charge in [-0.3, -0.25) is 9.59 Å². The van der Waals surface area contributed by atoms with E-state index in [1.165, 1.54) is 6.42 Å². The molecule has 0 saturated carbocycles. The van der Waals surface area contributed by atoms with E-state index in [0.29, 0.717) is 18.6 Å². The molecule has 0 spiro atoms. The Kier molecular flexibility index (Phi) is 14.0. The van der Waals surface area contributed by atoms with E-state index in [0.717, 1.165) is 42.4 Å². The zero-order chi connectivity index (χ0) is 32.0. The molecule has 0 aliphatic carbocycles. The smallest absolute Gasteiger partial charge is 0.242 e. The maximum Gasteiger partial charge on any atom is 0.242 e. The van der Waals surface area contributed by atoms with Crippen molar-refractivity contribution in [2.75, 3.05) is 12.8 Å².